The number of aromatic nitrogens is 3. The highest BCUT2D eigenvalue weighted by Crippen LogP contribution is 2.35. The third-order valence-electron chi connectivity index (χ3n) is 2.40. The molecule has 3 rings (SSSR count). The molecule has 0 spiro atoms. The van der Waals surface area contributed by atoms with E-state index < -0.39 is 0 Å². The van der Waals surface area contributed by atoms with Crippen LogP contribution in [-0.2, 0) is 0 Å². The summed E-state index contributed by atoms with van der Waals surface area (Å²) in [7, 11) is 0. The third-order valence-corrected chi connectivity index (χ3v) is 3.30. The Balaban J connectivity index is 2.18. The molecule has 17 heavy (non-hydrogen) atoms. The summed E-state index contributed by atoms with van der Waals surface area (Å²) in [6, 6.07) is 9.97. The van der Waals surface area contributed by atoms with Crippen LogP contribution < -0.4 is 5.73 Å². The molecule has 0 bridgehead atoms. The highest BCUT2D eigenvalue weighted by atomic mass is 32.1. The van der Waals surface area contributed by atoms with Gasteiger partial charge >= 0.3 is 0 Å². The molecular weight excluding hydrogens is 232 g/mol. The van der Waals surface area contributed by atoms with Crippen LogP contribution in [0.2, 0.25) is 0 Å². The van der Waals surface area contributed by atoms with Crippen LogP contribution in [0.3, 0.4) is 0 Å². The monoisotopic (exact) mass is 242 g/mol. The van der Waals surface area contributed by atoms with Gasteiger partial charge in [0.2, 0.25) is 0 Å². The average molecular weight is 242 g/mol. The lowest BCUT2D eigenvalue weighted by atomic mass is 10.1. The molecule has 0 atom stereocenters. The molecular formula is C12H10N4S. The van der Waals surface area contributed by atoms with Crippen molar-refractivity contribution in [3.05, 3.63) is 42.7 Å². The summed E-state index contributed by atoms with van der Waals surface area (Å²) in [5.41, 5.74) is 7.71. The zero-order valence-electron chi connectivity index (χ0n) is 8.92. The van der Waals surface area contributed by atoms with Gasteiger partial charge in [-0.3, -0.25) is 0 Å². The van der Waals surface area contributed by atoms with E-state index >= 15 is 0 Å². The van der Waals surface area contributed by atoms with E-state index in [4.69, 9.17) is 5.73 Å². The molecule has 5 heteroatoms. The van der Waals surface area contributed by atoms with E-state index in [1.807, 2.05) is 30.3 Å². The fourth-order valence-electron chi connectivity index (χ4n) is 1.68. The number of nitrogen functional groups attached to an aromatic ring is 1. The molecule has 2 heterocycles. The number of imidazole rings is 1. The van der Waals surface area contributed by atoms with Crippen molar-refractivity contribution < 1.29 is 0 Å². The number of nitrogens with one attached hydrogen (secondary N) is 1. The van der Waals surface area contributed by atoms with E-state index in [2.05, 4.69) is 15.0 Å². The van der Waals surface area contributed by atoms with Crippen molar-refractivity contribution in [2.45, 2.75) is 0 Å². The first kappa shape index (κ1) is 10.0. The van der Waals surface area contributed by atoms with Crippen molar-refractivity contribution in [1.82, 2.24) is 15.0 Å². The first-order valence-corrected chi connectivity index (χ1v) is 5.98. The summed E-state index contributed by atoms with van der Waals surface area (Å²) >= 11 is 1.44. The van der Waals surface area contributed by atoms with Crippen LogP contribution in [-0.4, -0.2) is 15.0 Å². The molecule has 0 amide bonds. The molecule has 0 unspecified atom stereocenters. The van der Waals surface area contributed by atoms with E-state index in [0.717, 1.165) is 22.0 Å². The van der Waals surface area contributed by atoms with Gasteiger partial charge in [-0.05, 0) is 0 Å². The lowest BCUT2D eigenvalue weighted by Crippen LogP contribution is -1.84. The second-order valence-corrected chi connectivity index (χ2v) is 4.56. The Hall–Kier alpha value is -2.14. The molecule has 0 aliphatic carbocycles. The predicted octanol–water partition coefficient (Wildman–Crippen LogP) is 2.78. The van der Waals surface area contributed by atoms with Crippen LogP contribution >= 0.6 is 11.3 Å². The largest absolute Gasteiger partial charge is 0.375 e. The average Bonchev–Trinajstić information content (AvgIpc) is 2.98. The van der Waals surface area contributed by atoms with Gasteiger partial charge in [-0.1, -0.05) is 41.7 Å². The normalized spacial score (nSPS) is 10.6. The number of benzene rings is 1. The fourth-order valence-corrected chi connectivity index (χ4v) is 2.49. The van der Waals surface area contributed by atoms with Crippen molar-refractivity contribution >= 4 is 16.5 Å². The minimum absolute atomic E-state index is 0.551. The molecule has 0 aliphatic rings. The van der Waals surface area contributed by atoms with Crippen LogP contribution in [0.1, 0.15) is 0 Å². The molecule has 3 aromatic rings. The second kappa shape index (κ2) is 4.03. The van der Waals surface area contributed by atoms with Gasteiger partial charge in [-0.2, -0.15) is 0 Å². The quantitative estimate of drug-likeness (QED) is 0.726. The van der Waals surface area contributed by atoms with Crippen molar-refractivity contribution in [2.75, 3.05) is 5.73 Å². The van der Waals surface area contributed by atoms with E-state index in [-0.39, 0.29) is 0 Å². The lowest BCUT2D eigenvalue weighted by molar-refractivity contribution is 1.31. The number of aromatic amines is 1. The molecule has 0 saturated carbocycles. The summed E-state index contributed by atoms with van der Waals surface area (Å²) in [6.07, 6.45) is 3.51. The zero-order valence-corrected chi connectivity index (χ0v) is 9.74. The number of nitrogens with two attached hydrogens (primary N) is 1. The first-order chi connectivity index (χ1) is 8.34. The van der Waals surface area contributed by atoms with Gasteiger partial charge in [0.1, 0.15) is 5.82 Å². The highest BCUT2D eigenvalue weighted by molar-refractivity contribution is 7.19. The minimum atomic E-state index is 0.551. The van der Waals surface area contributed by atoms with Crippen LogP contribution in [0.5, 0.6) is 0 Å². The molecule has 1 aromatic carbocycles. The molecule has 4 nitrogen and oxygen atoms in total. The number of thiazole rings is 1. The number of anilines is 1. The molecule has 0 saturated heterocycles. The smallest absolute Gasteiger partial charge is 0.181 e. The third kappa shape index (κ3) is 1.81. The molecule has 2 aromatic heterocycles. The molecule has 0 radical (unpaired) electrons. The summed E-state index contributed by atoms with van der Waals surface area (Å²) in [6.45, 7) is 0. The number of hydrogen-bond donors (Lipinski definition) is 2. The highest BCUT2D eigenvalue weighted by Gasteiger charge is 2.14. The standard InChI is InChI=1S/C12H10N4S/c13-12-16-9(8-4-2-1-3-5-8)10(17-12)11-14-6-7-15-11/h1-7H,(H2,13,16)(H,14,15). The SMILES string of the molecule is Nc1nc(-c2ccccc2)c(-c2ncc[nH]2)s1. The maximum absolute atomic E-state index is 5.79. The van der Waals surface area contributed by atoms with Gasteiger partial charge in [0.15, 0.2) is 5.13 Å². The molecule has 0 fully saturated rings. The Morgan fingerprint density at radius 2 is 2.00 bits per heavy atom. The topological polar surface area (TPSA) is 67.6 Å². The number of rotatable bonds is 2. The maximum atomic E-state index is 5.79. The van der Waals surface area contributed by atoms with Crippen molar-refractivity contribution in [1.29, 1.82) is 0 Å². The molecule has 3 N–H and O–H groups in total. The van der Waals surface area contributed by atoms with E-state index in [1.165, 1.54) is 11.3 Å². The Morgan fingerprint density at radius 3 is 2.71 bits per heavy atom. The minimum Gasteiger partial charge on any atom is -0.375 e. The summed E-state index contributed by atoms with van der Waals surface area (Å²) in [5, 5.41) is 0.551. The van der Waals surface area contributed by atoms with E-state index in [9.17, 15) is 0 Å². The number of nitrogens with zero attached hydrogens (tertiary/aromatic N) is 2. The van der Waals surface area contributed by atoms with E-state index in [1.54, 1.807) is 12.4 Å². The lowest BCUT2D eigenvalue weighted by Gasteiger charge is -1.99. The number of hydrogen-bond acceptors (Lipinski definition) is 4. The van der Waals surface area contributed by atoms with Crippen molar-refractivity contribution in [3.8, 4) is 22.0 Å². The van der Waals surface area contributed by atoms with E-state index in [0.29, 0.717) is 5.13 Å². The Morgan fingerprint density at radius 1 is 1.18 bits per heavy atom. The van der Waals surface area contributed by atoms with Crippen LogP contribution in [0.4, 0.5) is 5.13 Å². The first-order valence-electron chi connectivity index (χ1n) is 5.16. The van der Waals surface area contributed by atoms with Crippen LogP contribution in [0.25, 0.3) is 22.0 Å². The van der Waals surface area contributed by atoms with Gasteiger partial charge in [0.05, 0.1) is 10.6 Å². The predicted molar refractivity (Wildman–Crippen MR) is 69.5 cm³/mol. The van der Waals surface area contributed by atoms with Crippen molar-refractivity contribution in [2.24, 2.45) is 0 Å². The Labute approximate surface area is 102 Å². The maximum Gasteiger partial charge on any atom is 0.181 e. The zero-order chi connectivity index (χ0) is 11.7. The molecule has 84 valence electrons. The van der Waals surface area contributed by atoms with Gasteiger partial charge in [0.25, 0.3) is 0 Å². The second-order valence-electron chi connectivity index (χ2n) is 3.53. The van der Waals surface area contributed by atoms with Crippen molar-refractivity contribution in [3.63, 3.8) is 0 Å². The summed E-state index contributed by atoms with van der Waals surface area (Å²) < 4.78 is 0. The summed E-state index contributed by atoms with van der Waals surface area (Å²) in [4.78, 5) is 12.7. The van der Waals surface area contributed by atoms with Crippen LogP contribution in [0.15, 0.2) is 42.7 Å². The van der Waals surface area contributed by atoms with Gasteiger partial charge < -0.3 is 10.7 Å². The van der Waals surface area contributed by atoms with Crippen LogP contribution in [0, 0.1) is 0 Å². The van der Waals surface area contributed by atoms with Gasteiger partial charge in [-0.25, -0.2) is 9.97 Å². The Kier molecular flexibility index (Phi) is 2.38. The number of H-pyrrole nitrogens is 1. The Bertz CT molecular complexity index is 613. The molecule has 0 aliphatic heterocycles. The van der Waals surface area contributed by atoms with Gasteiger partial charge in [0, 0.05) is 18.0 Å². The fraction of sp³-hybridized carbons (Fsp3) is 0. The van der Waals surface area contributed by atoms with Gasteiger partial charge in [-0.15, -0.1) is 0 Å². The summed E-state index contributed by atoms with van der Waals surface area (Å²) in [5.74, 6) is 0.804.